The Hall–Kier alpha value is -5.89. The molecule has 1 spiro atoms. The van der Waals surface area contributed by atoms with Crippen LogP contribution in [0.25, 0.3) is 11.0 Å². The van der Waals surface area contributed by atoms with Gasteiger partial charge in [0.25, 0.3) is 27.5 Å². The number of nitro groups is 1. The van der Waals surface area contributed by atoms with Crippen molar-refractivity contribution in [2.75, 3.05) is 54.5 Å². The van der Waals surface area contributed by atoms with Crippen LogP contribution in [0.4, 0.5) is 37.2 Å². The molecule has 11 rings (SSSR count). The quantitative estimate of drug-likeness (QED) is 0.0682. The second kappa shape index (κ2) is 19.4. The average Bonchev–Trinajstić information content (AvgIpc) is 3.83. The smallest absolute Gasteiger partial charge is 0.293 e. The maximum atomic E-state index is 15.2. The van der Waals surface area contributed by atoms with E-state index in [0.717, 1.165) is 79.9 Å². The van der Waals surface area contributed by atoms with Crippen molar-refractivity contribution in [2.45, 2.75) is 138 Å². The molecule has 3 atom stereocenters. The number of sulfonamides is 1. The molecule has 1 amide bonds. The van der Waals surface area contributed by atoms with E-state index in [0.29, 0.717) is 61.9 Å². The number of nitrogens with zero attached hydrogens (tertiary/aromatic N) is 5. The van der Waals surface area contributed by atoms with Crippen molar-refractivity contribution in [1.82, 2.24) is 19.6 Å². The van der Waals surface area contributed by atoms with Crippen molar-refractivity contribution in [1.29, 1.82) is 0 Å². The number of pyridine rings is 1. The third kappa shape index (κ3) is 9.80. The van der Waals surface area contributed by atoms with Gasteiger partial charge >= 0.3 is 0 Å². The summed E-state index contributed by atoms with van der Waals surface area (Å²) >= 11 is 0. The molecule has 0 unspecified atom stereocenters. The largest absolute Gasteiger partial charge is 0.468 e. The number of hydrogen-bond acceptors (Lipinski definition) is 13. The molecule has 16 nitrogen and oxygen atoms in total. The summed E-state index contributed by atoms with van der Waals surface area (Å²) in [6, 6.07) is 20.5. The van der Waals surface area contributed by atoms with Crippen molar-refractivity contribution >= 4 is 55.4 Å². The lowest BCUT2D eigenvalue weighted by Crippen LogP contribution is -2.58. The Labute approximate surface area is 430 Å². The number of nitrogens with one attached hydrogen (secondary N) is 3. The van der Waals surface area contributed by atoms with E-state index in [-0.39, 0.29) is 66.1 Å². The number of fused-ring (bicyclic) bond motifs is 3. The number of amides is 1. The minimum atomic E-state index is -4.66. The van der Waals surface area contributed by atoms with Crippen LogP contribution in [-0.4, -0.2) is 108 Å². The minimum Gasteiger partial charge on any atom is -0.468 e. The minimum absolute atomic E-state index is 0.0693. The fourth-order valence-electron chi connectivity index (χ4n) is 12.9. The number of carbonyl (C=O) groups is 1. The van der Waals surface area contributed by atoms with E-state index in [4.69, 9.17) is 14.5 Å². The Morgan fingerprint density at radius 2 is 1.73 bits per heavy atom. The van der Waals surface area contributed by atoms with Gasteiger partial charge in [0, 0.05) is 81.0 Å². The van der Waals surface area contributed by atoms with Crippen molar-refractivity contribution < 1.29 is 41.5 Å². The number of halogens is 2. The molecular weight excluding hydrogens is 971 g/mol. The molecule has 74 heavy (non-hydrogen) atoms. The number of hydrogen-bond donors (Lipinski definition) is 4. The average molecular weight is 1040 g/mol. The highest BCUT2D eigenvalue weighted by molar-refractivity contribution is 7.90. The van der Waals surface area contributed by atoms with Gasteiger partial charge in [-0.3, -0.25) is 19.8 Å². The van der Waals surface area contributed by atoms with E-state index < -0.39 is 49.1 Å². The van der Waals surface area contributed by atoms with E-state index in [1.807, 2.05) is 47.4 Å². The summed E-state index contributed by atoms with van der Waals surface area (Å²) in [6.45, 7) is 8.97. The second-order valence-corrected chi connectivity index (χ2v) is 24.2. The number of aromatic nitrogens is 2. The monoisotopic (exact) mass is 1040 g/mol. The number of benzene rings is 3. The van der Waals surface area contributed by atoms with Gasteiger partial charge in [0.15, 0.2) is 0 Å². The third-order valence-corrected chi connectivity index (χ3v) is 18.5. The van der Waals surface area contributed by atoms with Crippen LogP contribution in [0.2, 0.25) is 0 Å². The maximum absolute atomic E-state index is 15.2. The fourth-order valence-corrected chi connectivity index (χ4v) is 13.9. The number of anilines is 4. The number of H-pyrrole nitrogens is 1. The van der Waals surface area contributed by atoms with Gasteiger partial charge in [-0.25, -0.2) is 21.9 Å². The first-order valence-corrected chi connectivity index (χ1v) is 27.8. The molecule has 2 aliphatic carbocycles. The molecule has 3 saturated heterocycles. The Balaban J connectivity index is 0.865. The summed E-state index contributed by atoms with van der Waals surface area (Å²) in [6.07, 6.45) is 7.96. The molecule has 0 radical (unpaired) electrons. The van der Waals surface area contributed by atoms with Crippen molar-refractivity contribution in [2.24, 2.45) is 11.3 Å². The summed E-state index contributed by atoms with van der Waals surface area (Å²) in [5, 5.41) is 26.7. The number of alkyl halides is 2. The number of nitro benzene ring substituents is 1. The van der Waals surface area contributed by atoms with E-state index in [2.05, 4.69) is 44.7 Å². The molecular formula is C55H66F2N8O8S. The Kier molecular flexibility index (Phi) is 13.1. The van der Waals surface area contributed by atoms with E-state index in [9.17, 15) is 28.4 Å². The highest BCUT2D eigenvalue weighted by atomic mass is 32.2. The summed E-state index contributed by atoms with van der Waals surface area (Å²) < 4.78 is 73.3. The standard InChI is InChI=1S/C55H66F2N8O8S/c1-34(2)40-6-4-5-7-41(40)48-31-55(56,57)20-24-63(48)38-29-54(30-38)18-22-62(23-19-54)37-8-10-42(45(27-37)64-44-15-25-72-33-49(44)73-52-47(64)26-36-14-21-58-50(36)60-52)51(66)61-74(70,71)39-9-11-43(46(28-39)65(68)69)59-32-35-12-16-53(3,67)17-13-35/h4-11,14,21,26-28,34-35,38,44,48-49,59,67H,12-13,15-20,22-25,29-33H2,1-3H3,(H,58,60)(H,61,66)/t35?,44-,48-,49-,53?/m0/s1. The van der Waals surface area contributed by atoms with E-state index in [1.165, 1.54) is 12.1 Å². The van der Waals surface area contributed by atoms with Gasteiger partial charge in [-0.2, -0.15) is 4.98 Å². The number of rotatable bonds is 12. The molecule has 2 aromatic heterocycles. The first kappa shape index (κ1) is 50.3. The van der Waals surface area contributed by atoms with Crippen LogP contribution >= 0.6 is 0 Å². The number of likely N-dealkylation sites (tertiary alicyclic amines) is 1. The predicted molar refractivity (Wildman–Crippen MR) is 278 cm³/mol. The molecule has 4 N–H and O–H groups in total. The maximum Gasteiger partial charge on any atom is 0.293 e. The summed E-state index contributed by atoms with van der Waals surface area (Å²) in [5.74, 6) is -2.90. The SMILES string of the molecule is CC(C)c1ccccc1[C@@H]1CC(F)(F)CCN1C1CC2(CCN(c3ccc(C(=O)NS(=O)(=O)c4ccc(NCC5CCC(C)(O)CC5)c([N+](=O)[O-])c4)c(N4c5cc6cc[nH]c6nc5O[C@H]5COCC[C@@H]54)c3)CC2)C1. The Bertz CT molecular complexity index is 3050. The van der Waals surface area contributed by atoms with Crippen molar-refractivity contribution in [3.63, 3.8) is 0 Å². The van der Waals surface area contributed by atoms with Crippen LogP contribution in [-0.2, 0) is 14.8 Å². The molecule has 2 saturated carbocycles. The van der Waals surface area contributed by atoms with Crippen molar-refractivity contribution in [3.05, 3.63) is 106 Å². The fraction of sp³-hybridized carbons (Fsp3) is 0.527. The third-order valence-electron chi connectivity index (χ3n) is 17.2. The van der Waals surface area contributed by atoms with E-state index in [1.54, 1.807) is 19.2 Å². The zero-order chi connectivity index (χ0) is 51.7. The van der Waals surface area contributed by atoms with Gasteiger partial charge in [0.05, 0.1) is 39.3 Å². The van der Waals surface area contributed by atoms with Gasteiger partial charge in [-0.15, -0.1) is 0 Å². The highest BCUT2D eigenvalue weighted by Crippen LogP contribution is 2.55. The van der Waals surface area contributed by atoms with Gasteiger partial charge < -0.3 is 34.7 Å². The first-order chi connectivity index (χ1) is 35.3. The lowest BCUT2D eigenvalue weighted by atomic mass is 9.59. The number of aromatic amines is 1. The predicted octanol–water partition coefficient (Wildman–Crippen LogP) is 9.98. The zero-order valence-corrected chi connectivity index (χ0v) is 43.0. The molecule has 0 bridgehead atoms. The second-order valence-electron chi connectivity index (χ2n) is 22.5. The summed E-state index contributed by atoms with van der Waals surface area (Å²) in [7, 11) is -4.66. The van der Waals surface area contributed by atoms with Crippen LogP contribution in [0.1, 0.15) is 125 Å². The van der Waals surface area contributed by atoms with Crippen LogP contribution < -0.4 is 24.6 Å². The van der Waals surface area contributed by atoms with Crippen LogP contribution in [0.5, 0.6) is 5.88 Å². The lowest BCUT2D eigenvalue weighted by Gasteiger charge is -2.58. The first-order valence-electron chi connectivity index (χ1n) is 26.3. The van der Waals surface area contributed by atoms with Gasteiger partial charge in [-0.1, -0.05) is 38.1 Å². The molecule has 6 aliphatic rings. The van der Waals surface area contributed by atoms with Crippen LogP contribution in [0.3, 0.4) is 0 Å². The molecule has 19 heteroatoms. The number of carbonyl (C=O) groups excluding carboxylic acids is 1. The number of ether oxygens (including phenoxy) is 2. The van der Waals surface area contributed by atoms with Gasteiger partial charge in [-0.05, 0) is 136 Å². The van der Waals surface area contributed by atoms with Crippen LogP contribution in [0.15, 0.2) is 83.9 Å². The Morgan fingerprint density at radius 3 is 2.49 bits per heavy atom. The van der Waals surface area contributed by atoms with Crippen molar-refractivity contribution in [3.8, 4) is 5.88 Å². The van der Waals surface area contributed by atoms with Gasteiger partial charge in [0.1, 0.15) is 23.1 Å². The molecule has 6 heterocycles. The normalized spacial score (nSPS) is 26.0. The number of piperidine rings is 2. The summed E-state index contributed by atoms with van der Waals surface area (Å²) in [4.78, 5) is 40.7. The topological polar surface area (TPSA) is 196 Å². The molecule has 5 aromatic rings. The van der Waals surface area contributed by atoms with Crippen LogP contribution in [0, 0.1) is 21.4 Å². The molecule has 394 valence electrons. The molecule has 4 aliphatic heterocycles. The highest BCUT2D eigenvalue weighted by Gasteiger charge is 2.52. The Morgan fingerprint density at radius 1 is 0.959 bits per heavy atom. The zero-order valence-electron chi connectivity index (χ0n) is 42.2. The molecule has 3 aromatic carbocycles. The number of aliphatic hydroxyl groups is 1. The molecule has 5 fully saturated rings. The van der Waals surface area contributed by atoms with Gasteiger partial charge in [0.2, 0.25) is 5.88 Å². The summed E-state index contributed by atoms with van der Waals surface area (Å²) in [5.41, 5.74) is 3.78. The lowest BCUT2D eigenvalue weighted by molar-refractivity contribution is -0.384. The van der Waals surface area contributed by atoms with E-state index >= 15 is 8.78 Å².